The molecule has 7 nitrogen and oxygen atoms in total. The SMILES string of the molecule is O=C(c1ccc(Cl)cc1)N1CCN(C2CN(c3cnc4cc(Cl)ccc4n3)CC2O)CC1. The standard InChI is InChI=1S/C23H23Cl2N5O2/c24-16-3-1-15(2-4-16)23(32)29-9-7-28(8-10-29)20-13-30(14-21(20)31)22-12-26-19-11-17(25)5-6-18(19)27-22/h1-6,11-12,20-21,31H,7-10,13-14H2. The normalized spacial score (nSPS) is 22.0. The van der Waals surface area contributed by atoms with E-state index < -0.39 is 6.10 Å². The minimum absolute atomic E-state index is 0.00880. The maximum absolute atomic E-state index is 12.8. The fourth-order valence-electron chi connectivity index (χ4n) is 4.47. The molecule has 3 aromatic rings. The molecule has 166 valence electrons. The minimum Gasteiger partial charge on any atom is -0.390 e. The van der Waals surface area contributed by atoms with Crippen LogP contribution in [0.4, 0.5) is 5.82 Å². The molecule has 0 aliphatic carbocycles. The molecule has 32 heavy (non-hydrogen) atoms. The third-order valence-electron chi connectivity index (χ3n) is 6.24. The molecule has 0 radical (unpaired) electrons. The molecular formula is C23H23Cl2N5O2. The fraction of sp³-hybridized carbons (Fsp3) is 0.348. The number of halogens is 2. The van der Waals surface area contributed by atoms with Gasteiger partial charge in [0.25, 0.3) is 5.91 Å². The van der Waals surface area contributed by atoms with Gasteiger partial charge in [-0.3, -0.25) is 14.7 Å². The molecule has 5 rings (SSSR count). The minimum atomic E-state index is -0.490. The number of carbonyl (C=O) groups is 1. The third kappa shape index (κ3) is 4.26. The Morgan fingerprint density at radius 3 is 2.41 bits per heavy atom. The summed E-state index contributed by atoms with van der Waals surface area (Å²) in [5, 5.41) is 12.0. The van der Waals surface area contributed by atoms with E-state index >= 15 is 0 Å². The Morgan fingerprint density at radius 2 is 1.66 bits per heavy atom. The molecule has 2 aliphatic heterocycles. The quantitative estimate of drug-likeness (QED) is 0.632. The van der Waals surface area contributed by atoms with E-state index in [1.54, 1.807) is 42.6 Å². The summed E-state index contributed by atoms with van der Waals surface area (Å²) in [5.41, 5.74) is 2.17. The highest BCUT2D eigenvalue weighted by atomic mass is 35.5. The number of amides is 1. The number of hydrogen-bond donors (Lipinski definition) is 1. The number of aromatic nitrogens is 2. The summed E-state index contributed by atoms with van der Waals surface area (Å²) < 4.78 is 0. The lowest BCUT2D eigenvalue weighted by molar-refractivity contribution is 0.0376. The van der Waals surface area contributed by atoms with Crippen LogP contribution in [0, 0.1) is 0 Å². The van der Waals surface area contributed by atoms with E-state index in [1.807, 2.05) is 11.0 Å². The molecule has 3 heterocycles. The average molecular weight is 472 g/mol. The van der Waals surface area contributed by atoms with Crippen LogP contribution in [0.25, 0.3) is 11.0 Å². The lowest BCUT2D eigenvalue weighted by Crippen LogP contribution is -2.54. The molecule has 1 amide bonds. The Balaban J connectivity index is 1.22. The van der Waals surface area contributed by atoms with Crippen molar-refractivity contribution in [2.24, 2.45) is 0 Å². The number of rotatable bonds is 3. The number of aliphatic hydroxyl groups excluding tert-OH is 1. The van der Waals surface area contributed by atoms with Gasteiger partial charge < -0.3 is 14.9 Å². The number of aliphatic hydroxyl groups is 1. The van der Waals surface area contributed by atoms with E-state index in [1.165, 1.54) is 0 Å². The van der Waals surface area contributed by atoms with Gasteiger partial charge in [-0.1, -0.05) is 23.2 Å². The lowest BCUT2D eigenvalue weighted by Gasteiger charge is -2.38. The largest absolute Gasteiger partial charge is 0.390 e. The van der Waals surface area contributed by atoms with E-state index in [2.05, 4.69) is 14.8 Å². The first kappa shape index (κ1) is 21.4. The summed E-state index contributed by atoms with van der Waals surface area (Å²) >= 11 is 12.0. The molecule has 0 spiro atoms. The molecule has 2 aliphatic rings. The maximum atomic E-state index is 12.8. The van der Waals surface area contributed by atoms with Gasteiger partial charge in [0.15, 0.2) is 0 Å². The van der Waals surface area contributed by atoms with Crippen LogP contribution in [0.1, 0.15) is 10.4 Å². The second-order valence-electron chi connectivity index (χ2n) is 8.24. The van der Waals surface area contributed by atoms with Crippen LogP contribution in [0.5, 0.6) is 0 Å². The number of hydrogen-bond acceptors (Lipinski definition) is 6. The third-order valence-corrected chi connectivity index (χ3v) is 6.72. The summed E-state index contributed by atoms with van der Waals surface area (Å²) in [6, 6.07) is 12.4. The van der Waals surface area contributed by atoms with Crippen LogP contribution in [0.15, 0.2) is 48.7 Å². The molecule has 1 N–H and O–H groups in total. The summed E-state index contributed by atoms with van der Waals surface area (Å²) in [4.78, 5) is 28.1. The smallest absolute Gasteiger partial charge is 0.253 e. The van der Waals surface area contributed by atoms with E-state index in [-0.39, 0.29) is 11.9 Å². The van der Waals surface area contributed by atoms with E-state index in [9.17, 15) is 9.90 Å². The average Bonchev–Trinajstić information content (AvgIpc) is 3.20. The summed E-state index contributed by atoms with van der Waals surface area (Å²) in [7, 11) is 0. The molecule has 2 saturated heterocycles. The van der Waals surface area contributed by atoms with Gasteiger partial charge in [0.2, 0.25) is 0 Å². The molecule has 2 fully saturated rings. The first-order valence-corrected chi connectivity index (χ1v) is 11.4. The summed E-state index contributed by atoms with van der Waals surface area (Å²) in [6.07, 6.45) is 1.24. The highest BCUT2D eigenvalue weighted by Crippen LogP contribution is 2.25. The molecule has 0 saturated carbocycles. The van der Waals surface area contributed by atoms with Crippen LogP contribution in [0.3, 0.4) is 0 Å². The molecule has 9 heteroatoms. The Labute approximate surface area is 196 Å². The van der Waals surface area contributed by atoms with E-state index in [0.29, 0.717) is 41.8 Å². The zero-order valence-corrected chi connectivity index (χ0v) is 18.9. The monoisotopic (exact) mass is 471 g/mol. The van der Waals surface area contributed by atoms with E-state index in [0.717, 1.165) is 29.9 Å². The summed E-state index contributed by atoms with van der Waals surface area (Å²) in [6.45, 7) is 3.86. The predicted octanol–water partition coefficient (Wildman–Crippen LogP) is 2.94. The van der Waals surface area contributed by atoms with Crippen molar-refractivity contribution < 1.29 is 9.90 Å². The first-order chi connectivity index (χ1) is 15.5. The molecule has 0 bridgehead atoms. The van der Waals surface area contributed by atoms with Crippen LogP contribution in [-0.2, 0) is 0 Å². The lowest BCUT2D eigenvalue weighted by atomic mass is 10.1. The Kier molecular flexibility index (Phi) is 5.90. The van der Waals surface area contributed by atoms with Crippen molar-refractivity contribution in [3.8, 4) is 0 Å². The van der Waals surface area contributed by atoms with E-state index in [4.69, 9.17) is 28.2 Å². The zero-order chi connectivity index (χ0) is 22.2. The van der Waals surface area contributed by atoms with Gasteiger partial charge in [-0.2, -0.15) is 0 Å². The van der Waals surface area contributed by atoms with Crippen molar-refractivity contribution in [2.75, 3.05) is 44.2 Å². The molecular weight excluding hydrogens is 449 g/mol. The number of fused-ring (bicyclic) bond motifs is 1. The highest BCUT2D eigenvalue weighted by Gasteiger charge is 2.38. The van der Waals surface area contributed by atoms with Gasteiger partial charge in [0.1, 0.15) is 5.82 Å². The molecule has 1 aromatic heterocycles. The second kappa shape index (κ2) is 8.83. The van der Waals surface area contributed by atoms with Gasteiger partial charge in [-0.25, -0.2) is 4.98 Å². The van der Waals surface area contributed by atoms with Gasteiger partial charge >= 0.3 is 0 Å². The van der Waals surface area contributed by atoms with Crippen molar-refractivity contribution in [1.29, 1.82) is 0 Å². The second-order valence-corrected chi connectivity index (χ2v) is 9.11. The van der Waals surface area contributed by atoms with Crippen LogP contribution in [0.2, 0.25) is 10.0 Å². The van der Waals surface area contributed by atoms with Crippen LogP contribution < -0.4 is 4.90 Å². The van der Waals surface area contributed by atoms with Crippen LogP contribution >= 0.6 is 23.2 Å². The van der Waals surface area contributed by atoms with Crippen molar-refractivity contribution in [2.45, 2.75) is 12.1 Å². The molecule has 2 unspecified atom stereocenters. The molecule has 2 aromatic carbocycles. The zero-order valence-electron chi connectivity index (χ0n) is 17.4. The van der Waals surface area contributed by atoms with Gasteiger partial charge in [-0.15, -0.1) is 0 Å². The summed E-state index contributed by atoms with van der Waals surface area (Å²) in [5.74, 6) is 0.763. The van der Waals surface area contributed by atoms with Crippen molar-refractivity contribution in [3.63, 3.8) is 0 Å². The number of carbonyl (C=O) groups excluding carboxylic acids is 1. The van der Waals surface area contributed by atoms with Crippen molar-refractivity contribution in [3.05, 3.63) is 64.3 Å². The number of benzene rings is 2. The maximum Gasteiger partial charge on any atom is 0.253 e. The van der Waals surface area contributed by atoms with Gasteiger partial charge in [0, 0.05) is 54.9 Å². The topological polar surface area (TPSA) is 72.8 Å². The molecule has 2 atom stereocenters. The highest BCUT2D eigenvalue weighted by molar-refractivity contribution is 6.31. The number of anilines is 1. The van der Waals surface area contributed by atoms with Crippen molar-refractivity contribution >= 4 is 46.0 Å². The van der Waals surface area contributed by atoms with Gasteiger partial charge in [0.05, 0.1) is 29.4 Å². The van der Waals surface area contributed by atoms with Crippen molar-refractivity contribution in [1.82, 2.24) is 19.8 Å². The number of piperazine rings is 1. The first-order valence-electron chi connectivity index (χ1n) is 10.6. The van der Waals surface area contributed by atoms with Gasteiger partial charge in [-0.05, 0) is 42.5 Å². The number of β-amino-alcohol motifs (C(OH)–C–C–N with tert-alkyl or cyclic N) is 1. The Bertz CT molecular complexity index is 1130. The Morgan fingerprint density at radius 1 is 0.938 bits per heavy atom. The van der Waals surface area contributed by atoms with Crippen LogP contribution in [-0.4, -0.2) is 82.2 Å². The number of nitrogens with zero attached hydrogens (tertiary/aromatic N) is 5. The predicted molar refractivity (Wildman–Crippen MR) is 125 cm³/mol. The fourth-order valence-corrected chi connectivity index (χ4v) is 4.77. The Hall–Kier alpha value is -2.45.